The molecule has 0 spiro atoms. The van der Waals surface area contributed by atoms with Crippen LogP contribution in [0.2, 0.25) is 0 Å². The second-order valence-electron chi connectivity index (χ2n) is 7.02. The summed E-state index contributed by atoms with van der Waals surface area (Å²) in [6.45, 7) is 0. The second-order valence-corrected chi connectivity index (χ2v) is 7.02. The van der Waals surface area contributed by atoms with Crippen LogP contribution in [0.5, 0.6) is 0 Å². The van der Waals surface area contributed by atoms with Crippen molar-refractivity contribution in [2.24, 2.45) is 0 Å². The molecule has 0 heterocycles. The van der Waals surface area contributed by atoms with Crippen molar-refractivity contribution in [3.05, 3.63) is 95.1 Å². The van der Waals surface area contributed by atoms with Crippen LogP contribution >= 0.6 is 0 Å². The summed E-state index contributed by atoms with van der Waals surface area (Å²) in [4.78, 5) is 24.7. The molecule has 3 aromatic carbocycles. The number of alkyl halides is 3. The smallest absolute Gasteiger partial charge is 0.416 e. The molecule has 0 fully saturated rings. The van der Waals surface area contributed by atoms with E-state index >= 15 is 0 Å². The van der Waals surface area contributed by atoms with E-state index in [2.05, 4.69) is 5.32 Å². The van der Waals surface area contributed by atoms with Crippen molar-refractivity contribution in [2.75, 3.05) is 0 Å². The number of carboxylic acids is 1. The zero-order chi connectivity index (χ0) is 21.5. The molecular weight excluding hydrogens is 395 g/mol. The Hall–Kier alpha value is -3.61. The minimum atomic E-state index is -4.52. The number of fused-ring (bicyclic) bond motifs is 3. The van der Waals surface area contributed by atoms with Crippen molar-refractivity contribution in [3.63, 3.8) is 0 Å². The first-order valence-electron chi connectivity index (χ1n) is 9.16. The molecule has 2 N–H and O–H groups in total. The molecule has 1 aliphatic rings. The first-order valence-corrected chi connectivity index (χ1v) is 9.16. The van der Waals surface area contributed by atoms with Crippen LogP contribution in [-0.4, -0.2) is 23.0 Å². The number of carbonyl (C=O) groups excluding carboxylic acids is 1. The Morgan fingerprint density at radius 2 is 1.33 bits per heavy atom. The molecule has 1 amide bonds. The van der Waals surface area contributed by atoms with Gasteiger partial charge in [-0.1, -0.05) is 48.5 Å². The highest BCUT2D eigenvalue weighted by Gasteiger charge is 2.39. The predicted molar refractivity (Wildman–Crippen MR) is 104 cm³/mol. The van der Waals surface area contributed by atoms with Crippen molar-refractivity contribution in [2.45, 2.75) is 18.1 Å². The molecule has 0 bridgehead atoms. The standard InChI is InChI=1S/C23H16F3NO3/c24-23(25,26)14-11-9-13(10-12-14)21(28)27-20(22(29)30)19-17-7-3-1-5-15(17)16-6-2-4-8-18(16)19/h1-12,19-20H,(H,27,28)(H,29,30)/t20-/m1/s1. The van der Waals surface area contributed by atoms with Crippen LogP contribution in [0.1, 0.15) is 33.0 Å². The molecule has 0 saturated heterocycles. The van der Waals surface area contributed by atoms with E-state index in [0.29, 0.717) is 0 Å². The van der Waals surface area contributed by atoms with Crippen molar-refractivity contribution >= 4 is 11.9 Å². The molecule has 1 atom stereocenters. The number of amides is 1. The molecule has 4 rings (SSSR count). The van der Waals surface area contributed by atoms with Gasteiger partial charge in [0.1, 0.15) is 6.04 Å². The van der Waals surface area contributed by atoms with Gasteiger partial charge in [-0.3, -0.25) is 4.79 Å². The van der Waals surface area contributed by atoms with Gasteiger partial charge < -0.3 is 10.4 Å². The van der Waals surface area contributed by atoms with Gasteiger partial charge in [-0.15, -0.1) is 0 Å². The minimum absolute atomic E-state index is 0.0474. The Morgan fingerprint density at radius 1 is 0.833 bits per heavy atom. The lowest BCUT2D eigenvalue weighted by Crippen LogP contribution is -2.44. The summed E-state index contributed by atoms with van der Waals surface area (Å²) in [7, 11) is 0. The van der Waals surface area contributed by atoms with E-state index in [1.54, 1.807) is 12.1 Å². The highest BCUT2D eigenvalue weighted by atomic mass is 19.4. The van der Waals surface area contributed by atoms with Gasteiger partial charge in [0.2, 0.25) is 0 Å². The van der Waals surface area contributed by atoms with Crippen LogP contribution < -0.4 is 5.32 Å². The average molecular weight is 411 g/mol. The molecule has 0 unspecified atom stereocenters. The summed E-state index contributed by atoms with van der Waals surface area (Å²) in [5.41, 5.74) is 2.42. The Balaban J connectivity index is 1.67. The number of rotatable bonds is 4. The van der Waals surface area contributed by atoms with Gasteiger partial charge in [0.25, 0.3) is 5.91 Å². The number of halogens is 3. The quantitative estimate of drug-likeness (QED) is 0.654. The molecule has 30 heavy (non-hydrogen) atoms. The summed E-state index contributed by atoms with van der Waals surface area (Å²) >= 11 is 0. The van der Waals surface area contributed by atoms with E-state index in [9.17, 15) is 27.9 Å². The van der Waals surface area contributed by atoms with Crippen LogP contribution in [0.15, 0.2) is 72.8 Å². The third kappa shape index (κ3) is 3.43. The Morgan fingerprint density at radius 3 is 1.80 bits per heavy atom. The number of benzene rings is 3. The topological polar surface area (TPSA) is 66.4 Å². The average Bonchev–Trinajstić information content (AvgIpc) is 3.05. The van der Waals surface area contributed by atoms with E-state index in [1.807, 2.05) is 36.4 Å². The Bertz CT molecular complexity index is 1080. The van der Waals surface area contributed by atoms with Gasteiger partial charge in [0.05, 0.1) is 5.56 Å². The van der Waals surface area contributed by atoms with Crippen molar-refractivity contribution in [3.8, 4) is 11.1 Å². The summed E-state index contributed by atoms with van der Waals surface area (Å²) in [5, 5.41) is 12.4. The third-order valence-corrected chi connectivity index (χ3v) is 5.24. The van der Waals surface area contributed by atoms with Crippen LogP contribution in [0.25, 0.3) is 11.1 Å². The van der Waals surface area contributed by atoms with Gasteiger partial charge >= 0.3 is 12.1 Å². The fraction of sp³-hybridized carbons (Fsp3) is 0.130. The summed E-state index contributed by atoms with van der Waals surface area (Å²) < 4.78 is 38.2. The number of aliphatic carboxylic acids is 1. The maximum atomic E-state index is 12.7. The Labute approximate surface area is 170 Å². The molecule has 1 aliphatic carbocycles. The first-order chi connectivity index (χ1) is 14.3. The highest BCUT2D eigenvalue weighted by molar-refractivity contribution is 5.97. The number of carbonyl (C=O) groups is 2. The molecule has 0 saturated carbocycles. The molecule has 0 radical (unpaired) electrons. The molecule has 4 nitrogen and oxygen atoms in total. The maximum absolute atomic E-state index is 12.7. The third-order valence-electron chi connectivity index (χ3n) is 5.24. The van der Waals surface area contributed by atoms with Crippen molar-refractivity contribution in [1.29, 1.82) is 0 Å². The predicted octanol–water partition coefficient (Wildman–Crippen LogP) is 4.70. The van der Waals surface area contributed by atoms with Crippen molar-refractivity contribution < 1.29 is 27.9 Å². The molecule has 7 heteroatoms. The van der Waals surface area contributed by atoms with E-state index in [-0.39, 0.29) is 5.56 Å². The monoisotopic (exact) mass is 411 g/mol. The normalized spacial score (nSPS) is 14.0. The van der Waals surface area contributed by atoms with E-state index in [4.69, 9.17) is 0 Å². The van der Waals surface area contributed by atoms with Gasteiger partial charge in [0.15, 0.2) is 0 Å². The highest BCUT2D eigenvalue weighted by Crippen LogP contribution is 2.46. The van der Waals surface area contributed by atoms with Gasteiger partial charge in [0, 0.05) is 11.5 Å². The Kier molecular flexibility index (Phi) is 4.81. The number of carboxylic acid groups (broad SMARTS) is 1. The second kappa shape index (κ2) is 7.33. The number of nitrogens with one attached hydrogen (secondary N) is 1. The van der Waals surface area contributed by atoms with Crippen LogP contribution in [-0.2, 0) is 11.0 Å². The van der Waals surface area contributed by atoms with Crippen LogP contribution in [0.3, 0.4) is 0 Å². The fourth-order valence-corrected chi connectivity index (χ4v) is 3.88. The number of hydrogen-bond donors (Lipinski definition) is 2. The molecule has 0 aromatic heterocycles. The molecule has 3 aromatic rings. The SMILES string of the molecule is O=C(N[C@@H](C(=O)O)C1c2ccccc2-c2ccccc21)c1ccc(C(F)(F)F)cc1. The fourth-order valence-electron chi connectivity index (χ4n) is 3.88. The molecule has 0 aliphatic heterocycles. The lowest BCUT2D eigenvalue weighted by Gasteiger charge is -2.23. The van der Waals surface area contributed by atoms with E-state index in [1.165, 1.54) is 0 Å². The zero-order valence-corrected chi connectivity index (χ0v) is 15.5. The number of hydrogen-bond acceptors (Lipinski definition) is 2. The summed E-state index contributed by atoms with van der Waals surface area (Å²) in [6, 6.07) is 17.1. The van der Waals surface area contributed by atoms with E-state index < -0.39 is 35.6 Å². The van der Waals surface area contributed by atoms with Gasteiger partial charge in [-0.25, -0.2) is 4.79 Å². The van der Waals surface area contributed by atoms with Gasteiger partial charge in [-0.2, -0.15) is 13.2 Å². The largest absolute Gasteiger partial charge is 0.480 e. The van der Waals surface area contributed by atoms with Gasteiger partial charge in [-0.05, 0) is 46.5 Å². The van der Waals surface area contributed by atoms with Crippen molar-refractivity contribution in [1.82, 2.24) is 5.32 Å². The van der Waals surface area contributed by atoms with E-state index in [0.717, 1.165) is 46.5 Å². The van der Waals surface area contributed by atoms with Crippen LogP contribution in [0, 0.1) is 0 Å². The molecule has 152 valence electrons. The first kappa shape index (κ1) is 19.7. The zero-order valence-electron chi connectivity index (χ0n) is 15.5. The summed E-state index contributed by atoms with van der Waals surface area (Å²) in [5.74, 6) is -2.60. The minimum Gasteiger partial charge on any atom is -0.480 e. The lowest BCUT2D eigenvalue weighted by atomic mass is 9.89. The molecular formula is C23H16F3NO3. The van der Waals surface area contributed by atoms with Crippen LogP contribution in [0.4, 0.5) is 13.2 Å². The summed E-state index contributed by atoms with van der Waals surface area (Å²) in [6.07, 6.45) is -4.52. The maximum Gasteiger partial charge on any atom is 0.416 e. The lowest BCUT2D eigenvalue weighted by molar-refractivity contribution is -0.139.